The summed E-state index contributed by atoms with van der Waals surface area (Å²) in [5, 5.41) is 5.58. The van der Waals surface area contributed by atoms with E-state index in [0.29, 0.717) is 19.0 Å². The first-order valence-electron chi connectivity index (χ1n) is 6.14. The minimum absolute atomic E-state index is 0.176. The molecule has 19 heavy (non-hydrogen) atoms. The molecule has 0 aromatic heterocycles. The van der Waals surface area contributed by atoms with Gasteiger partial charge in [0.05, 0.1) is 13.0 Å². The van der Waals surface area contributed by atoms with Gasteiger partial charge in [0.25, 0.3) is 0 Å². The molecule has 0 aliphatic carbocycles. The molecule has 1 rings (SSSR count). The zero-order valence-electron chi connectivity index (χ0n) is 10.8. The number of hydrogen-bond acceptors (Lipinski definition) is 1. The molecular weight excluding hydrogens is 255 g/mol. The van der Waals surface area contributed by atoms with Gasteiger partial charge in [-0.1, -0.05) is 30.3 Å². The number of nitrogens with one attached hydrogen (secondary N) is 2. The summed E-state index contributed by atoms with van der Waals surface area (Å²) in [6, 6.07) is 9.54. The smallest absolute Gasteiger partial charge is 0.357 e. The Kier molecular flexibility index (Phi) is 6.18. The van der Waals surface area contributed by atoms with Gasteiger partial charge in [-0.3, -0.25) is 0 Å². The number of alkyl halides is 3. The van der Waals surface area contributed by atoms with Crippen molar-refractivity contribution in [1.82, 2.24) is 10.6 Å². The standard InChI is InChI=1S/C13H18F3N3/c1-2-17-12(18-9-8-13(14,15)16)19-10-11-6-4-3-5-7-11/h3-7H,2,8-10H2,1H3,(H2,17,18,19). The van der Waals surface area contributed by atoms with E-state index in [9.17, 15) is 13.2 Å². The highest BCUT2D eigenvalue weighted by atomic mass is 19.4. The molecule has 0 saturated heterocycles. The summed E-state index contributed by atoms with van der Waals surface area (Å²) in [6.45, 7) is 2.72. The van der Waals surface area contributed by atoms with Crippen LogP contribution in [-0.4, -0.2) is 25.2 Å². The largest absolute Gasteiger partial charge is 0.390 e. The second-order valence-corrected chi connectivity index (χ2v) is 3.97. The van der Waals surface area contributed by atoms with Crippen LogP contribution in [0.25, 0.3) is 0 Å². The van der Waals surface area contributed by atoms with Crippen LogP contribution >= 0.6 is 0 Å². The molecule has 0 spiro atoms. The molecule has 6 heteroatoms. The quantitative estimate of drug-likeness (QED) is 0.639. The second kappa shape index (κ2) is 7.66. The van der Waals surface area contributed by atoms with Gasteiger partial charge in [-0.05, 0) is 12.5 Å². The molecule has 0 amide bonds. The minimum atomic E-state index is -4.15. The molecule has 0 fully saturated rings. The summed E-state index contributed by atoms with van der Waals surface area (Å²) in [5.74, 6) is 0.399. The van der Waals surface area contributed by atoms with E-state index in [2.05, 4.69) is 15.6 Å². The van der Waals surface area contributed by atoms with Crippen LogP contribution in [0.15, 0.2) is 35.3 Å². The fourth-order valence-electron chi connectivity index (χ4n) is 1.42. The summed E-state index contributed by atoms with van der Waals surface area (Å²) < 4.78 is 36.1. The van der Waals surface area contributed by atoms with E-state index in [1.165, 1.54) is 0 Å². The lowest BCUT2D eigenvalue weighted by Gasteiger charge is -2.12. The van der Waals surface area contributed by atoms with Gasteiger partial charge in [-0.2, -0.15) is 13.2 Å². The fraction of sp³-hybridized carbons (Fsp3) is 0.462. The third-order valence-corrected chi connectivity index (χ3v) is 2.31. The lowest BCUT2D eigenvalue weighted by atomic mass is 10.2. The van der Waals surface area contributed by atoms with Crippen molar-refractivity contribution in [1.29, 1.82) is 0 Å². The first-order chi connectivity index (χ1) is 9.01. The van der Waals surface area contributed by atoms with Crippen LogP contribution in [0, 0.1) is 0 Å². The Labute approximate surface area is 110 Å². The monoisotopic (exact) mass is 273 g/mol. The van der Waals surface area contributed by atoms with Gasteiger partial charge in [-0.15, -0.1) is 0 Å². The van der Waals surface area contributed by atoms with Crippen LogP contribution in [0.4, 0.5) is 13.2 Å². The van der Waals surface area contributed by atoms with Crippen LogP contribution in [0.2, 0.25) is 0 Å². The van der Waals surface area contributed by atoms with Crippen LogP contribution in [0.5, 0.6) is 0 Å². The topological polar surface area (TPSA) is 36.4 Å². The van der Waals surface area contributed by atoms with E-state index in [0.717, 1.165) is 5.56 Å². The number of halogens is 3. The Morgan fingerprint density at radius 1 is 1.16 bits per heavy atom. The van der Waals surface area contributed by atoms with Gasteiger partial charge in [0.15, 0.2) is 5.96 Å². The van der Waals surface area contributed by atoms with Crippen molar-refractivity contribution >= 4 is 5.96 Å². The highest BCUT2D eigenvalue weighted by Crippen LogP contribution is 2.18. The summed E-state index contributed by atoms with van der Waals surface area (Å²) in [7, 11) is 0. The van der Waals surface area contributed by atoms with E-state index in [-0.39, 0.29) is 6.54 Å². The van der Waals surface area contributed by atoms with Crippen molar-refractivity contribution in [2.24, 2.45) is 4.99 Å². The Bertz CT molecular complexity index is 388. The van der Waals surface area contributed by atoms with Crippen molar-refractivity contribution in [3.63, 3.8) is 0 Å². The van der Waals surface area contributed by atoms with Gasteiger partial charge in [0, 0.05) is 13.1 Å². The van der Waals surface area contributed by atoms with Gasteiger partial charge in [-0.25, -0.2) is 4.99 Å². The average molecular weight is 273 g/mol. The maximum Gasteiger partial charge on any atom is 0.390 e. The van der Waals surface area contributed by atoms with Crippen molar-refractivity contribution in [3.8, 4) is 0 Å². The van der Waals surface area contributed by atoms with Crippen LogP contribution in [-0.2, 0) is 6.54 Å². The maximum atomic E-state index is 12.0. The summed E-state index contributed by atoms with van der Waals surface area (Å²) in [5.41, 5.74) is 1.01. The molecule has 3 nitrogen and oxygen atoms in total. The van der Waals surface area contributed by atoms with Crippen LogP contribution < -0.4 is 10.6 Å². The van der Waals surface area contributed by atoms with Crippen molar-refractivity contribution in [2.45, 2.75) is 26.1 Å². The minimum Gasteiger partial charge on any atom is -0.357 e. The van der Waals surface area contributed by atoms with E-state index >= 15 is 0 Å². The predicted octanol–water partition coefficient (Wildman–Crippen LogP) is 2.69. The van der Waals surface area contributed by atoms with E-state index in [1.807, 2.05) is 37.3 Å². The van der Waals surface area contributed by atoms with E-state index in [1.54, 1.807) is 0 Å². The van der Waals surface area contributed by atoms with Gasteiger partial charge in [0.2, 0.25) is 0 Å². The van der Waals surface area contributed by atoms with Gasteiger partial charge in [0.1, 0.15) is 0 Å². The van der Waals surface area contributed by atoms with Crippen molar-refractivity contribution < 1.29 is 13.2 Å². The lowest BCUT2D eigenvalue weighted by molar-refractivity contribution is -0.132. The Morgan fingerprint density at radius 2 is 1.84 bits per heavy atom. The molecule has 2 N–H and O–H groups in total. The zero-order valence-corrected chi connectivity index (χ0v) is 10.8. The fourth-order valence-corrected chi connectivity index (χ4v) is 1.42. The number of guanidine groups is 1. The summed E-state index contributed by atoms with van der Waals surface area (Å²) >= 11 is 0. The molecule has 0 radical (unpaired) electrons. The molecule has 0 atom stereocenters. The van der Waals surface area contributed by atoms with Crippen LogP contribution in [0.3, 0.4) is 0 Å². The number of hydrogen-bond donors (Lipinski definition) is 2. The molecule has 0 aliphatic rings. The molecule has 0 bridgehead atoms. The summed E-state index contributed by atoms with van der Waals surface area (Å²) in [4.78, 5) is 4.23. The van der Waals surface area contributed by atoms with Gasteiger partial charge >= 0.3 is 6.18 Å². The average Bonchev–Trinajstić information content (AvgIpc) is 2.36. The number of rotatable bonds is 5. The maximum absolute atomic E-state index is 12.0. The number of nitrogens with zero attached hydrogens (tertiary/aromatic N) is 1. The predicted molar refractivity (Wildman–Crippen MR) is 69.9 cm³/mol. The van der Waals surface area contributed by atoms with E-state index in [4.69, 9.17) is 0 Å². The second-order valence-electron chi connectivity index (χ2n) is 3.97. The molecule has 1 aromatic carbocycles. The summed E-state index contributed by atoms with van der Waals surface area (Å²) in [6.07, 6.45) is -5.02. The molecule has 0 heterocycles. The third kappa shape index (κ3) is 7.33. The van der Waals surface area contributed by atoms with Crippen LogP contribution in [0.1, 0.15) is 18.9 Å². The molecule has 0 aliphatic heterocycles. The number of aliphatic imine (C=N–C) groups is 1. The SMILES string of the molecule is CCNC(=NCc1ccccc1)NCCC(F)(F)F. The zero-order chi connectivity index (χ0) is 14.1. The molecule has 106 valence electrons. The molecule has 0 unspecified atom stereocenters. The first-order valence-corrected chi connectivity index (χ1v) is 6.14. The van der Waals surface area contributed by atoms with E-state index < -0.39 is 12.6 Å². The Morgan fingerprint density at radius 3 is 2.42 bits per heavy atom. The highest BCUT2D eigenvalue weighted by molar-refractivity contribution is 5.79. The highest BCUT2D eigenvalue weighted by Gasteiger charge is 2.26. The first kappa shape index (κ1) is 15.3. The molecular formula is C13H18F3N3. The normalized spacial score (nSPS) is 12.3. The molecule has 0 saturated carbocycles. The third-order valence-electron chi connectivity index (χ3n) is 2.31. The molecule has 1 aromatic rings. The van der Waals surface area contributed by atoms with Crippen molar-refractivity contribution in [3.05, 3.63) is 35.9 Å². The van der Waals surface area contributed by atoms with Crippen molar-refractivity contribution in [2.75, 3.05) is 13.1 Å². The number of benzene rings is 1. The Balaban J connectivity index is 2.47. The Hall–Kier alpha value is -1.72. The lowest BCUT2D eigenvalue weighted by Crippen LogP contribution is -2.38. The van der Waals surface area contributed by atoms with Gasteiger partial charge < -0.3 is 10.6 Å².